The van der Waals surface area contributed by atoms with Crippen molar-refractivity contribution < 1.29 is 4.39 Å². The van der Waals surface area contributed by atoms with Crippen LogP contribution in [-0.2, 0) is 0 Å². The second-order valence-electron chi connectivity index (χ2n) is 1.95. The van der Waals surface area contributed by atoms with Crippen molar-refractivity contribution in [3.05, 3.63) is 40.5 Å². The normalized spacial score (nSPS) is 9.90. The number of halogens is 2. The summed E-state index contributed by atoms with van der Waals surface area (Å²) in [5.41, 5.74) is 0.889. The minimum absolute atomic E-state index is 0.198. The summed E-state index contributed by atoms with van der Waals surface area (Å²) in [7, 11) is 0. The van der Waals surface area contributed by atoms with E-state index in [-0.39, 0.29) is 5.82 Å². The summed E-state index contributed by atoms with van der Waals surface area (Å²) in [4.78, 5) is 0. The molecule has 0 aliphatic rings. The lowest BCUT2D eigenvalue weighted by molar-refractivity contribution is 0.626. The Bertz CT molecular complexity index is 233. The number of rotatable bonds is 1. The topological polar surface area (TPSA) is 0 Å². The molecule has 0 fully saturated rings. The highest BCUT2D eigenvalue weighted by molar-refractivity contribution is 9.10. The second kappa shape index (κ2) is 3.15. The van der Waals surface area contributed by atoms with Crippen LogP contribution in [0, 0.1) is 12.2 Å². The average molecular weight is 202 g/mol. The van der Waals surface area contributed by atoms with Gasteiger partial charge in [-0.1, -0.05) is 22.9 Å². The Kier molecular flexibility index (Phi) is 2.44. The SMILES string of the molecule is C[CH]c1cc(F)ccc1Br. The molecule has 0 amide bonds. The van der Waals surface area contributed by atoms with Crippen LogP contribution in [0.4, 0.5) is 4.39 Å². The summed E-state index contributed by atoms with van der Waals surface area (Å²) in [5.74, 6) is -0.198. The minimum atomic E-state index is -0.198. The first-order valence-corrected chi connectivity index (χ1v) is 3.78. The van der Waals surface area contributed by atoms with Crippen LogP contribution >= 0.6 is 15.9 Å². The van der Waals surface area contributed by atoms with Gasteiger partial charge in [-0.3, -0.25) is 0 Å². The zero-order valence-corrected chi connectivity index (χ0v) is 7.15. The third-order valence-electron chi connectivity index (χ3n) is 1.27. The highest BCUT2D eigenvalue weighted by Gasteiger charge is 1.97. The Morgan fingerprint density at radius 1 is 1.50 bits per heavy atom. The van der Waals surface area contributed by atoms with Gasteiger partial charge in [0.05, 0.1) is 0 Å². The lowest BCUT2D eigenvalue weighted by Gasteiger charge is -1.98. The summed E-state index contributed by atoms with van der Waals surface area (Å²) in [6.07, 6.45) is 1.85. The van der Waals surface area contributed by atoms with Gasteiger partial charge in [-0.25, -0.2) is 4.39 Å². The van der Waals surface area contributed by atoms with Gasteiger partial charge < -0.3 is 0 Å². The van der Waals surface area contributed by atoms with Crippen LogP contribution in [0.1, 0.15) is 12.5 Å². The van der Waals surface area contributed by atoms with E-state index >= 15 is 0 Å². The molecule has 0 aromatic heterocycles. The molecule has 0 spiro atoms. The highest BCUT2D eigenvalue weighted by atomic mass is 79.9. The van der Waals surface area contributed by atoms with Crippen molar-refractivity contribution >= 4 is 15.9 Å². The maximum absolute atomic E-state index is 12.5. The van der Waals surface area contributed by atoms with Gasteiger partial charge in [0.1, 0.15) is 5.82 Å². The minimum Gasteiger partial charge on any atom is -0.207 e. The summed E-state index contributed by atoms with van der Waals surface area (Å²) in [6, 6.07) is 4.62. The molecule has 0 heterocycles. The van der Waals surface area contributed by atoms with Gasteiger partial charge in [0.25, 0.3) is 0 Å². The van der Waals surface area contributed by atoms with E-state index < -0.39 is 0 Å². The van der Waals surface area contributed by atoms with E-state index in [1.807, 2.05) is 13.3 Å². The molecule has 53 valence electrons. The van der Waals surface area contributed by atoms with Gasteiger partial charge >= 0.3 is 0 Å². The molecule has 0 nitrogen and oxygen atoms in total. The molecule has 0 atom stereocenters. The number of benzene rings is 1. The maximum atomic E-state index is 12.5. The van der Waals surface area contributed by atoms with Crippen molar-refractivity contribution in [1.82, 2.24) is 0 Å². The smallest absolute Gasteiger partial charge is 0.123 e. The van der Waals surface area contributed by atoms with Crippen molar-refractivity contribution in [2.24, 2.45) is 0 Å². The zero-order chi connectivity index (χ0) is 7.56. The molecule has 0 aliphatic carbocycles. The summed E-state index contributed by atoms with van der Waals surface area (Å²) in [5, 5.41) is 0. The van der Waals surface area contributed by atoms with Crippen LogP contribution in [0.15, 0.2) is 22.7 Å². The molecular weight excluding hydrogens is 195 g/mol. The summed E-state index contributed by atoms with van der Waals surface area (Å²) in [6.45, 7) is 1.87. The van der Waals surface area contributed by atoms with Gasteiger partial charge in [0.2, 0.25) is 0 Å². The predicted molar refractivity (Wildman–Crippen MR) is 43.2 cm³/mol. The lowest BCUT2D eigenvalue weighted by Crippen LogP contribution is -1.81. The molecule has 10 heavy (non-hydrogen) atoms. The fraction of sp³-hybridized carbons (Fsp3) is 0.125. The third kappa shape index (κ3) is 1.57. The van der Waals surface area contributed by atoms with Crippen LogP contribution in [0.25, 0.3) is 0 Å². The molecule has 0 saturated heterocycles. The quantitative estimate of drug-likeness (QED) is 0.656. The van der Waals surface area contributed by atoms with Crippen molar-refractivity contribution in [2.75, 3.05) is 0 Å². The van der Waals surface area contributed by atoms with E-state index in [2.05, 4.69) is 15.9 Å². The van der Waals surface area contributed by atoms with E-state index in [0.29, 0.717) is 0 Å². The summed E-state index contributed by atoms with van der Waals surface area (Å²) < 4.78 is 13.4. The van der Waals surface area contributed by atoms with Gasteiger partial charge in [-0.15, -0.1) is 0 Å². The standard InChI is InChI=1S/C8H7BrF/c1-2-6-5-7(10)3-4-8(6)9/h2-5H,1H3. The van der Waals surface area contributed by atoms with E-state index in [1.54, 1.807) is 6.07 Å². The first-order valence-electron chi connectivity index (χ1n) is 2.98. The molecule has 1 aromatic rings. The Balaban J connectivity index is 3.09. The molecule has 1 rings (SSSR count). The van der Waals surface area contributed by atoms with Crippen LogP contribution in [-0.4, -0.2) is 0 Å². The molecule has 0 bridgehead atoms. The Hall–Kier alpha value is -0.370. The largest absolute Gasteiger partial charge is 0.207 e. The van der Waals surface area contributed by atoms with Gasteiger partial charge in [-0.05, 0) is 30.2 Å². The zero-order valence-electron chi connectivity index (χ0n) is 5.57. The first kappa shape index (κ1) is 7.73. The van der Waals surface area contributed by atoms with Crippen LogP contribution in [0.5, 0.6) is 0 Å². The predicted octanol–water partition coefficient (Wildman–Crippen LogP) is 3.16. The molecule has 2 heteroatoms. The summed E-state index contributed by atoms with van der Waals surface area (Å²) >= 11 is 3.29. The molecule has 0 unspecified atom stereocenters. The Morgan fingerprint density at radius 3 is 2.70 bits per heavy atom. The van der Waals surface area contributed by atoms with Crippen molar-refractivity contribution in [2.45, 2.75) is 6.92 Å². The van der Waals surface area contributed by atoms with Crippen molar-refractivity contribution in [3.8, 4) is 0 Å². The second-order valence-corrected chi connectivity index (χ2v) is 2.81. The van der Waals surface area contributed by atoms with Crippen molar-refractivity contribution in [1.29, 1.82) is 0 Å². The Morgan fingerprint density at radius 2 is 2.20 bits per heavy atom. The van der Waals surface area contributed by atoms with E-state index in [1.165, 1.54) is 12.1 Å². The monoisotopic (exact) mass is 201 g/mol. The van der Waals surface area contributed by atoms with Crippen LogP contribution in [0.3, 0.4) is 0 Å². The fourth-order valence-corrected chi connectivity index (χ4v) is 1.21. The Labute approximate surface area is 68.2 Å². The highest BCUT2D eigenvalue weighted by Crippen LogP contribution is 2.18. The number of hydrogen-bond acceptors (Lipinski definition) is 0. The molecule has 0 saturated carbocycles. The van der Waals surface area contributed by atoms with E-state index in [4.69, 9.17) is 0 Å². The molecule has 1 radical (unpaired) electrons. The van der Waals surface area contributed by atoms with Crippen LogP contribution in [0.2, 0.25) is 0 Å². The van der Waals surface area contributed by atoms with E-state index in [9.17, 15) is 4.39 Å². The maximum Gasteiger partial charge on any atom is 0.123 e. The first-order chi connectivity index (χ1) is 4.74. The molecule has 0 aliphatic heterocycles. The molecule has 1 aromatic carbocycles. The van der Waals surface area contributed by atoms with E-state index in [0.717, 1.165) is 10.0 Å². The molecule has 0 N–H and O–H groups in total. The van der Waals surface area contributed by atoms with Gasteiger partial charge in [-0.2, -0.15) is 0 Å². The lowest BCUT2D eigenvalue weighted by atomic mass is 10.2. The average Bonchev–Trinajstić information content (AvgIpc) is 1.94. The van der Waals surface area contributed by atoms with Crippen molar-refractivity contribution in [3.63, 3.8) is 0 Å². The fourth-order valence-electron chi connectivity index (χ4n) is 0.736. The van der Waals surface area contributed by atoms with Crippen LogP contribution < -0.4 is 0 Å². The van der Waals surface area contributed by atoms with Gasteiger partial charge in [0.15, 0.2) is 0 Å². The van der Waals surface area contributed by atoms with Gasteiger partial charge in [0, 0.05) is 4.47 Å². The number of hydrogen-bond donors (Lipinski definition) is 0. The third-order valence-corrected chi connectivity index (χ3v) is 1.99. The molecular formula is C8H7BrF.